The minimum absolute atomic E-state index is 0.182. The van der Waals surface area contributed by atoms with Gasteiger partial charge in [0.15, 0.2) is 11.0 Å². The molecule has 5 nitrogen and oxygen atoms in total. The van der Waals surface area contributed by atoms with E-state index in [0.29, 0.717) is 10.9 Å². The maximum Gasteiger partial charge on any atom is 0.196 e. The summed E-state index contributed by atoms with van der Waals surface area (Å²) in [6, 6.07) is 15.9. The number of carbonyl (C=O) groups excluding carboxylic acids is 1. The van der Waals surface area contributed by atoms with Crippen LogP contribution < -0.4 is 4.74 Å². The van der Waals surface area contributed by atoms with Gasteiger partial charge in [-0.05, 0) is 43.3 Å². The molecule has 0 aliphatic rings. The smallest absolute Gasteiger partial charge is 0.196 e. The summed E-state index contributed by atoms with van der Waals surface area (Å²) in [5.74, 6) is 2.06. The highest BCUT2D eigenvalue weighted by Crippen LogP contribution is 2.30. The zero-order valence-electron chi connectivity index (χ0n) is 16.9. The Kier molecular flexibility index (Phi) is 5.89. The van der Waals surface area contributed by atoms with E-state index in [1.807, 2.05) is 61.7 Å². The van der Waals surface area contributed by atoms with E-state index in [2.05, 4.69) is 29.3 Å². The van der Waals surface area contributed by atoms with Crippen LogP contribution in [0.5, 0.6) is 5.75 Å². The molecule has 0 aliphatic heterocycles. The lowest BCUT2D eigenvalue weighted by atomic mass is 9.92. The number of Topliss-reactive ketones (excluding diaryl/α,β-unsaturated/α-hetero) is 1. The number of rotatable bonds is 6. The minimum Gasteiger partial charge on any atom is -0.497 e. The third kappa shape index (κ3) is 4.44. The van der Waals surface area contributed by atoms with Crippen molar-refractivity contribution in [2.45, 2.75) is 32.9 Å². The largest absolute Gasteiger partial charge is 0.497 e. The molecule has 0 fully saturated rings. The van der Waals surface area contributed by atoms with Gasteiger partial charge in [-0.1, -0.05) is 50.2 Å². The lowest BCUT2D eigenvalue weighted by Crippen LogP contribution is -2.22. The molecule has 1 heterocycles. The van der Waals surface area contributed by atoms with E-state index < -0.39 is 0 Å². The highest BCUT2D eigenvalue weighted by atomic mass is 32.2. The molecule has 3 aromatic rings. The molecule has 0 spiro atoms. The summed E-state index contributed by atoms with van der Waals surface area (Å²) >= 11 is 1.42. The van der Waals surface area contributed by atoms with Gasteiger partial charge in [-0.3, -0.25) is 9.36 Å². The molecule has 0 saturated heterocycles. The van der Waals surface area contributed by atoms with Gasteiger partial charge < -0.3 is 4.74 Å². The first-order valence-corrected chi connectivity index (χ1v) is 10.1. The Labute approximate surface area is 170 Å². The molecule has 28 heavy (non-hydrogen) atoms. The first-order valence-electron chi connectivity index (χ1n) is 9.12. The topological polar surface area (TPSA) is 57.0 Å². The second-order valence-corrected chi connectivity index (χ2v) is 8.61. The van der Waals surface area contributed by atoms with Crippen LogP contribution in [0.4, 0.5) is 0 Å². The number of benzene rings is 2. The number of ketones is 1. The molecule has 0 radical (unpaired) electrons. The van der Waals surface area contributed by atoms with Crippen LogP contribution in [-0.2, 0) is 4.79 Å². The molecule has 0 aliphatic carbocycles. The van der Waals surface area contributed by atoms with Gasteiger partial charge in [0.25, 0.3) is 0 Å². The molecular formula is C22H25N3O2S. The van der Waals surface area contributed by atoms with Crippen molar-refractivity contribution in [1.82, 2.24) is 14.8 Å². The number of ether oxygens (including phenoxy) is 1. The fraction of sp³-hybridized carbons (Fsp3) is 0.318. The fourth-order valence-electron chi connectivity index (χ4n) is 2.56. The Hall–Kier alpha value is -2.60. The van der Waals surface area contributed by atoms with Crippen LogP contribution in [0.15, 0.2) is 53.7 Å². The Balaban J connectivity index is 2.01. The number of thioether (sulfide) groups is 1. The van der Waals surface area contributed by atoms with Crippen LogP contribution >= 0.6 is 11.8 Å². The summed E-state index contributed by atoms with van der Waals surface area (Å²) in [5.41, 5.74) is 2.70. The number of aromatic nitrogens is 3. The van der Waals surface area contributed by atoms with Crippen LogP contribution in [0.1, 0.15) is 26.3 Å². The Morgan fingerprint density at radius 2 is 1.68 bits per heavy atom. The van der Waals surface area contributed by atoms with Crippen LogP contribution in [0.25, 0.3) is 17.1 Å². The normalized spacial score (nSPS) is 11.5. The van der Waals surface area contributed by atoms with Crippen molar-refractivity contribution in [2.75, 3.05) is 12.9 Å². The second kappa shape index (κ2) is 8.19. The summed E-state index contributed by atoms with van der Waals surface area (Å²) in [6.45, 7) is 7.86. The van der Waals surface area contributed by atoms with Gasteiger partial charge in [0.05, 0.1) is 12.9 Å². The molecule has 0 saturated carbocycles. The highest BCUT2D eigenvalue weighted by molar-refractivity contribution is 7.99. The molecule has 2 aromatic carbocycles. The number of aryl methyl sites for hydroxylation is 1. The standard InChI is InChI=1S/C22H25N3O2S/c1-15-6-10-17(11-7-15)25-20(16-8-12-18(27-5)13-9-16)23-24-21(25)28-14-19(26)22(2,3)4/h6-13H,14H2,1-5H3. The van der Waals surface area contributed by atoms with Crippen molar-refractivity contribution in [2.24, 2.45) is 5.41 Å². The summed E-state index contributed by atoms with van der Waals surface area (Å²) in [5, 5.41) is 9.50. The Morgan fingerprint density at radius 3 is 2.25 bits per heavy atom. The molecule has 0 unspecified atom stereocenters. The lowest BCUT2D eigenvalue weighted by Gasteiger charge is -2.16. The predicted octanol–water partition coefficient (Wildman–Crippen LogP) is 4.96. The lowest BCUT2D eigenvalue weighted by molar-refractivity contribution is -0.123. The van der Waals surface area contributed by atoms with E-state index in [1.54, 1.807) is 7.11 Å². The van der Waals surface area contributed by atoms with Gasteiger partial charge in [0, 0.05) is 16.7 Å². The molecule has 0 amide bonds. The number of methoxy groups -OCH3 is 1. The minimum atomic E-state index is -0.374. The number of nitrogens with zero attached hydrogens (tertiary/aromatic N) is 3. The van der Waals surface area contributed by atoms with Crippen LogP contribution in [0, 0.1) is 12.3 Å². The molecular weight excluding hydrogens is 370 g/mol. The average Bonchev–Trinajstić information content (AvgIpc) is 3.10. The first-order chi connectivity index (χ1) is 13.3. The van der Waals surface area contributed by atoms with E-state index in [4.69, 9.17) is 4.74 Å². The first kappa shape index (κ1) is 20.1. The van der Waals surface area contributed by atoms with E-state index >= 15 is 0 Å². The SMILES string of the molecule is COc1ccc(-c2nnc(SCC(=O)C(C)(C)C)n2-c2ccc(C)cc2)cc1. The van der Waals surface area contributed by atoms with Gasteiger partial charge in [-0.25, -0.2) is 0 Å². The third-order valence-corrected chi connectivity index (χ3v) is 5.37. The van der Waals surface area contributed by atoms with Crippen LogP contribution in [-0.4, -0.2) is 33.4 Å². The van der Waals surface area contributed by atoms with Crippen molar-refractivity contribution in [3.05, 3.63) is 54.1 Å². The molecule has 146 valence electrons. The zero-order valence-corrected chi connectivity index (χ0v) is 17.7. The monoisotopic (exact) mass is 395 g/mol. The maximum absolute atomic E-state index is 12.4. The van der Waals surface area contributed by atoms with Crippen LogP contribution in [0.2, 0.25) is 0 Å². The molecule has 0 bridgehead atoms. The predicted molar refractivity (Wildman–Crippen MR) is 113 cm³/mol. The van der Waals surface area contributed by atoms with Crippen molar-refractivity contribution >= 4 is 17.5 Å². The molecule has 3 rings (SSSR count). The second-order valence-electron chi connectivity index (χ2n) is 7.67. The van der Waals surface area contributed by atoms with Crippen molar-refractivity contribution in [1.29, 1.82) is 0 Å². The van der Waals surface area contributed by atoms with Gasteiger partial charge in [-0.15, -0.1) is 10.2 Å². The maximum atomic E-state index is 12.4. The number of hydrogen-bond donors (Lipinski definition) is 0. The molecule has 6 heteroatoms. The molecule has 0 atom stereocenters. The third-order valence-electron chi connectivity index (χ3n) is 4.44. The highest BCUT2D eigenvalue weighted by Gasteiger charge is 2.23. The molecule has 1 aromatic heterocycles. The van der Waals surface area contributed by atoms with Crippen molar-refractivity contribution in [3.63, 3.8) is 0 Å². The summed E-state index contributed by atoms with van der Waals surface area (Å²) in [4.78, 5) is 12.4. The Morgan fingerprint density at radius 1 is 1.04 bits per heavy atom. The van der Waals surface area contributed by atoms with Gasteiger partial charge >= 0.3 is 0 Å². The van der Waals surface area contributed by atoms with Gasteiger partial charge in [-0.2, -0.15) is 0 Å². The summed E-state index contributed by atoms with van der Waals surface area (Å²) in [7, 11) is 1.64. The van der Waals surface area contributed by atoms with E-state index in [-0.39, 0.29) is 11.2 Å². The average molecular weight is 396 g/mol. The summed E-state index contributed by atoms with van der Waals surface area (Å²) in [6.07, 6.45) is 0. The van der Waals surface area contributed by atoms with E-state index in [9.17, 15) is 4.79 Å². The van der Waals surface area contributed by atoms with Crippen molar-refractivity contribution < 1.29 is 9.53 Å². The van der Waals surface area contributed by atoms with Crippen molar-refractivity contribution in [3.8, 4) is 22.8 Å². The quantitative estimate of drug-likeness (QED) is 0.552. The zero-order chi connectivity index (χ0) is 20.3. The fourth-order valence-corrected chi connectivity index (χ4v) is 3.68. The van der Waals surface area contributed by atoms with E-state index in [1.165, 1.54) is 17.3 Å². The van der Waals surface area contributed by atoms with E-state index in [0.717, 1.165) is 22.8 Å². The number of hydrogen-bond acceptors (Lipinski definition) is 5. The van der Waals surface area contributed by atoms with Gasteiger partial charge in [0.1, 0.15) is 11.5 Å². The molecule has 0 N–H and O–H groups in total. The Bertz CT molecular complexity index is 955. The van der Waals surface area contributed by atoms with Gasteiger partial charge in [0.2, 0.25) is 0 Å². The number of carbonyl (C=O) groups is 1. The summed E-state index contributed by atoms with van der Waals surface area (Å²) < 4.78 is 7.25. The van der Waals surface area contributed by atoms with Crippen LogP contribution in [0.3, 0.4) is 0 Å².